The molecule has 0 saturated carbocycles. The molecule has 1 fully saturated rings. The van der Waals surface area contributed by atoms with Crippen LogP contribution < -0.4 is 9.64 Å². The predicted octanol–water partition coefficient (Wildman–Crippen LogP) is 7.47. The predicted molar refractivity (Wildman–Crippen MR) is 127 cm³/mol. The zero-order valence-electron chi connectivity index (χ0n) is 15.8. The van der Waals surface area contributed by atoms with E-state index in [1.807, 2.05) is 36.4 Å². The minimum absolute atomic E-state index is 0.269. The van der Waals surface area contributed by atoms with Crippen LogP contribution in [-0.2, 0) is 11.4 Å². The highest BCUT2D eigenvalue weighted by atomic mass is 35.5. The molecule has 0 spiro atoms. The summed E-state index contributed by atoms with van der Waals surface area (Å²) in [5.74, 6) is 0.202. The molecule has 4 rings (SSSR count). The summed E-state index contributed by atoms with van der Waals surface area (Å²) in [7, 11) is 0. The molecule has 0 radical (unpaired) electrons. The molecule has 8 heteroatoms. The standard InChI is InChI=1S/C23H14Cl3NO3S/c24-18-7-2-1-5-15(18)13-30-17-6-3-4-14(10-17)11-21-22(28)27(23(29)31-21)16-8-9-19(25)20(26)12-16/h1-12H,13H2/b21-11-. The smallest absolute Gasteiger partial charge is 0.298 e. The summed E-state index contributed by atoms with van der Waals surface area (Å²) in [6.45, 7) is 0.316. The van der Waals surface area contributed by atoms with Crippen molar-refractivity contribution in [3.8, 4) is 5.75 Å². The fourth-order valence-electron chi connectivity index (χ4n) is 2.94. The van der Waals surface area contributed by atoms with Gasteiger partial charge in [0.15, 0.2) is 0 Å². The SMILES string of the molecule is O=C1S/C(=C\c2cccc(OCc3ccccc3Cl)c2)C(=O)N1c1ccc(Cl)c(Cl)c1. The number of carbonyl (C=O) groups excluding carboxylic acids is 2. The van der Waals surface area contributed by atoms with Crippen LogP contribution in [0.5, 0.6) is 5.75 Å². The van der Waals surface area contributed by atoms with E-state index >= 15 is 0 Å². The van der Waals surface area contributed by atoms with Crippen LogP contribution in [0, 0.1) is 0 Å². The second-order valence-electron chi connectivity index (χ2n) is 6.57. The first-order chi connectivity index (χ1) is 14.9. The van der Waals surface area contributed by atoms with Crippen LogP contribution in [-0.4, -0.2) is 11.1 Å². The van der Waals surface area contributed by atoms with Crippen molar-refractivity contribution in [2.24, 2.45) is 0 Å². The Balaban J connectivity index is 1.53. The van der Waals surface area contributed by atoms with Gasteiger partial charge in [-0.25, -0.2) is 4.90 Å². The zero-order valence-corrected chi connectivity index (χ0v) is 18.9. The minimum Gasteiger partial charge on any atom is -0.489 e. The minimum atomic E-state index is -0.421. The first-order valence-electron chi connectivity index (χ1n) is 9.11. The molecule has 0 atom stereocenters. The van der Waals surface area contributed by atoms with E-state index in [1.165, 1.54) is 6.07 Å². The van der Waals surface area contributed by atoms with Crippen LogP contribution in [0.15, 0.2) is 71.6 Å². The number of hydrogen-bond donors (Lipinski definition) is 0. The van der Waals surface area contributed by atoms with Crippen molar-refractivity contribution in [3.63, 3.8) is 0 Å². The molecule has 1 heterocycles. The van der Waals surface area contributed by atoms with Gasteiger partial charge in [0, 0.05) is 10.6 Å². The third-order valence-corrected chi connectivity index (χ3v) is 6.44. The summed E-state index contributed by atoms with van der Waals surface area (Å²) in [6, 6.07) is 19.3. The van der Waals surface area contributed by atoms with Crippen molar-refractivity contribution in [1.82, 2.24) is 0 Å². The Morgan fingerprint density at radius 3 is 2.45 bits per heavy atom. The van der Waals surface area contributed by atoms with Crippen molar-refractivity contribution in [2.45, 2.75) is 6.61 Å². The van der Waals surface area contributed by atoms with Crippen LogP contribution in [0.4, 0.5) is 10.5 Å². The molecule has 1 aliphatic rings. The number of rotatable bonds is 5. The average molecular weight is 491 g/mol. The third-order valence-electron chi connectivity index (χ3n) is 4.46. The molecule has 0 aliphatic carbocycles. The summed E-state index contributed by atoms with van der Waals surface area (Å²) >= 11 is 19.0. The Kier molecular flexibility index (Phi) is 6.58. The van der Waals surface area contributed by atoms with Gasteiger partial charge in [-0.1, -0.05) is 65.1 Å². The van der Waals surface area contributed by atoms with E-state index in [2.05, 4.69) is 0 Å². The van der Waals surface area contributed by atoms with E-state index in [-0.39, 0.29) is 5.02 Å². The van der Waals surface area contributed by atoms with Crippen LogP contribution in [0.3, 0.4) is 0 Å². The maximum Gasteiger partial charge on any atom is 0.298 e. The lowest BCUT2D eigenvalue weighted by atomic mass is 10.2. The van der Waals surface area contributed by atoms with Crippen LogP contribution in [0.2, 0.25) is 15.1 Å². The highest BCUT2D eigenvalue weighted by Crippen LogP contribution is 2.38. The Bertz CT molecular complexity index is 1210. The lowest BCUT2D eigenvalue weighted by Crippen LogP contribution is -2.27. The van der Waals surface area contributed by atoms with E-state index in [0.717, 1.165) is 27.8 Å². The molecule has 2 amide bonds. The number of anilines is 1. The fourth-order valence-corrected chi connectivity index (χ4v) is 4.26. The molecule has 0 aromatic heterocycles. The van der Waals surface area contributed by atoms with Crippen LogP contribution in [0.25, 0.3) is 6.08 Å². The zero-order chi connectivity index (χ0) is 22.0. The average Bonchev–Trinajstić information content (AvgIpc) is 3.03. The fraction of sp³-hybridized carbons (Fsp3) is 0.0435. The number of halogens is 3. The lowest BCUT2D eigenvalue weighted by Gasteiger charge is -2.13. The van der Waals surface area contributed by atoms with Gasteiger partial charge in [-0.15, -0.1) is 0 Å². The maximum absolute atomic E-state index is 12.8. The third kappa shape index (κ3) is 4.91. The van der Waals surface area contributed by atoms with Gasteiger partial charge in [0.2, 0.25) is 0 Å². The highest BCUT2D eigenvalue weighted by Gasteiger charge is 2.36. The summed E-state index contributed by atoms with van der Waals surface area (Å²) in [4.78, 5) is 26.7. The Morgan fingerprint density at radius 1 is 0.871 bits per heavy atom. The van der Waals surface area contributed by atoms with E-state index in [9.17, 15) is 9.59 Å². The quantitative estimate of drug-likeness (QED) is 0.348. The molecular weight excluding hydrogens is 477 g/mol. The second-order valence-corrected chi connectivity index (χ2v) is 8.78. The van der Waals surface area contributed by atoms with Crippen molar-refractivity contribution >= 4 is 69.5 Å². The second kappa shape index (κ2) is 9.37. The Hall–Kier alpha value is -2.44. The molecule has 0 N–H and O–H groups in total. The normalized spacial score (nSPS) is 15.1. The number of ether oxygens (including phenoxy) is 1. The molecule has 1 aliphatic heterocycles. The van der Waals surface area contributed by atoms with Gasteiger partial charge in [-0.2, -0.15) is 0 Å². The highest BCUT2D eigenvalue weighted by molar-refractivity contribution is 8.19. The molecule has 1 saturated heterocycles. The van der Waals surface area contributed by atoms with Gasteiger partial charge in [0.05, 0.1) is 20.6 Å². The molecule has 156 valence electrons. The molecule has 3 aromatic rings. The van der Waals surface area contributed by atoms with Crippen molar-refractivity contribution in [2.75, 3.05) is 4.90 Å². The van der Waals surface area contributed by atoms with Crippen LogP contribution in [0.1, 0.15) is 11.1 Å². The molecule has 0 unspecified atom stereocenters. The monoisotopic (exact) mass is 489 g/mol. The first-order valence-corrected chi connectivity index (χ1v) is 11.1. The van der Waals surface area contributed by atoms with E-state index in [1.54, 1.807) is 30.3 Å². The Morgan fingerprint density at radius 2 is 1.68 bits per heavy atom. The van der Waals surface area contributed by atoms with E-state index in [4.69, 9.17) is 39.5 Å². The van der Waals surface area contributed by atoms with E-state index < -0.39 is 11.1 Å². The largest absolute Gasteiger partial charge is 0.489 e. The van der Waals surface area contributed by atoms with Crippen molar-refractivity contribution in [3.05, 3.63) is 97.8 Å². The van der Waals surface area contributed by atoms with Gasteiger partial charge in [-0.3, -0.25) is 9.59 Å². The molecular formula is C23H14Cl3NO3S. The molecule has 3 aromatic carbocycles. The van der Waals surface area contributed by atoms with Gasteiger partial charge >= 0.3 is 0 Å². The summed E-state index contributed by atoms with van der Waals surface area (Å²) in [6.07, 6.45) is 1.66. The topological polar surface area (TPSA) is 46.6 Å². The van der Waals surface area contributed by atoms with Gasteiger partial charge in [-0.05, 0) is 59.8 Å². The number of benzene rings is 3. The molecule has 0 bridgehead atoms. The van der Waals surface area contributed by atoms with Gasteiger partial charge < -0.3 is 4.74 Å². The summed E-state index contributed by atoms with van der Waals surface area (Å²) in [5, 5.41) is 0.850. The number of carbonyl (C=O) groups is 2. The lowest BCUT2D eigenvalue weighted by molar-refractivity contribution is -0.113. The first kappa shape index (κ1) is 21.8. The number of hydrogen-bond acceptors (Lipinski definition) is 4. The molecule has 4 nitrogen and oxygen atoms in total. The van der Waals surface area contributed by atoms with Gasteiger partial charge in [0.25, 0.3) is 11.1 Å². The van der Waals surface area contributed by atoms with E-state index in [0.29, 0.717) is 33.0 Å². The Labute approximate surface area is 198 Å². The summed E-state index contributed by atoms with van der Waals surface area (Å²) in [5.41, 5.74) is 1.98. The summed E-state index contributed by atoms with van der Waals surface area (Å²) < 4.78 is 5.83. The maximum atomic E-state index is 12.8. The number of imide groups is 1. The van der Waals surface area contributed by atoms with Crippen LogP contribution >= 0.6 is 46.6 Å². The van der Waals surface area contributed by atoms with Crippen molar-refractivity contribution in [1.29, 1.82) is 0 Å². The van der Waals surface area contributed by atoms with Crippen molar-refractivity contribution < 1.29 is 14.3 Å². The number of thioether (sulfide) groups is 1. The van der Waals surface area contributed by atoms with Gasteiger partial charge in [0.1, 0.15) is 12.4 Å². The number of amides is 2. The molecule has 31 heavy (non-hydrogen) atoms. The number of nitrogens with zero attached hydrogens (tertiary/aromatic N) is 1.